The van der Waals surface area contributed by atoms with Crippen molar-refractivity contribution in [2.45, 2.75) is 83.8 Å². The van der Waals surface area contributed by atoms with E-state index < -0.39 is 76.9 Å². The molecule has 2 heterocycles. The lowest BCUT2D eigenvalue weighted by atomic mass is 9.81. The SMILES string of the molecule is CC1(C)C(/C=C/C=C/C=C2/N(c3cccc(S(=O)(=O)[O-])c3)c3cc(S(=O)(=O)[O-])c4cc(S(=O)(=O)[O-])ccc4c3C2(C)C)=[N+](CCCCCC(=O)[O-])c2ccc(S(=O)(=O)[O-])cc21. The summed E-state index contributed by atoms with van der Waals surface area (Å²) < 4.78 is 148. The zero-order valence-corrected chi connectivity index (χ0v) is 36.3. The van der Waals surface area contributed by atoms with Gasteiger partial charge in [0.15, 0.2) is 5.71 Å². The fourth-order valence-electron chi connectivity index (χ4n) is 8.05. The van der Waals surface area contributed by atoms with E-state index in [4.69, 9.17) is 0 Å². The van der Waals surface area contributed by atoms with E-state index in [0.29, 0.717) is 48.3 Å². The second-order valence-corrected chi connectivity index (χ2v) is 21.1. The van der Waals surface area contributed by atoms with Gasteiger partial charge >= 0.3 is 0 Å². The van der Waals surface area contributed by atoms with E-state index in [1.54, 1.807) is 50.3 Å². The number of allylic oxidation sites excluding steroid dienone is 6. The van der Waals surface area contributed by atoms with Crippen LogP contribution in [-0.2, 0) is 56.1 Å². The molecule has 2 aliphatic rings. The van der Waals surface area contributed by atoms with Crippen molar-refractivity contribution in [2.24, 2.45) is 0 Å². The molecule has 0 saturated heterocycles. The Morgan fingerprint density at radius 2 is 1.30 bits per heavy atom. The average molecular weight is 911 g/mol. The summed E-state index contributed by atoms with van der Waals surface area (Å²) in [7, 11) is -20.2. The zero-order valence-electron chi connectivity index (χ0n) is 33.0. The standard InChI is InChI=1S/C41H42N2O14S4/c1-40(2)32-24-29(60(52,53)54)18-20-33(32)42(21-10-6-9-16-38(44)45)36(40)14-7-5-8-15-37-41(3,4)39-30-19-17-28(59(49,50)51)23-31(30)35(61(55,56)57)25-34(39)43(37)26-12-11-13-27(22-26)58(46,47)48/h5,7-8,11-15,17-20,22-25H,6,9-10,16,21H2,1-4H3,(H4-,44,45,46,47,48,49,50,51,52,53,54,55,56,57)/p-4. The Bertz CT molecular complexity index is 3090. The third-order valence-corrected chi connectivity index (χ3v) is 14.2. The molecule has 0 unspecified atom stereocenters. The minimum atomic E-state index is -5.33. The molecular weight excluding hydrogens is 873 g/mol. The highest BCUT2D eigenvalue weighted by atomic mass is 32.2. The number of benzene rings is 4. The van der Waals surface area contributed by atoms with Crippen LogP contribution in [0.4, 0.5) is 17.1 Å². The predicted octanol–water partition coefficient (Wildman–Crippen LogP) is 4.27. The molecule has 0 bridgehead atoms. The molecule has 0 saturated carbocycles. The molecule has 0 N–H and O–H groups in total. The number of hydrogen-bond acceptors (Lipinski definition) is 15. The van der Waals surface area contributed by atoms with Crippen molar-refractivity contribution < 1.29 is 66.4 Å². The van der Waals surface area contributed by atoms with E-state index in [2.05, 4.69) is 0 Å². The number of fused-ring (bicyclic) bond motifs is 4. The zero-order chi connectivity index (χ0) is 45.1. The molecule has 0 aliphatic carbocycles. The van der Waals surface area contributed by atoms with E-state index in [-0.39, 0.29) is 28.6 Å². The molecule has 61 heavy (non-hydrogen) atoms. The van der Waals surface area contributed by atoms with Crippen LogP contribution in [-0.4, -0.2) is 74.7 Å². The van der Waals surface area contributed by atoms with Crippen LogP contribution in [0, 0.1) is 0 Å². The van der Waals surface area contributed by atoms with E-state index in [0.717, 1.165) is 36.0 Å². The van der Waals surface area contributed by atoms with Gasteiger partial charge in [0.05, 0.1) is 30.7 Å². The van der Waals surface area contributed by atoms with Gasteiger partial charge < -0.3 is 33.0 Å². The highest BCUT2D eigenvalue weighted by molar-refractivity contribution is 7.86. The number of rotatable bonds is 14. The fourth-order valence-corrected chi connectivity index (χ4v) is 10.3. The summed E-state index contributed by atoms with van der Waals surface area (Å²) in [6, 6.07) is 13.1. The van der Waals surface area contributed by atoms with Crippen molar-refractivity contribution in [3.8, 4) is 0 Å². The Balaban J connectivity index is 1.49. The lowest BCUT2D eigenvalue weighted by molar-refractivity contribution is -0.438. The first-order valence-electron chi connectivity index (χ1n) is 18.5. The molecule has 16 nitrogen and oxygen atoms in total. The third-order valence-electron chi connectivity index (χ3n) is 10.9. The minimum absolute atomic E-state index is 0.0936. The molecule has 0 aromatic heterocycles. The smallest absolute Gasteiger partial charge is 0.209 e. The van der Waals surface area contributed by atoms with Crippen molar-refractivity contribution >= 4 is 80.0 Å². The molecule has 324 valence electrons. The Morgan fingerprint density at radius 3 is 1.92 bits per heavy atom. The number of nitrogens with zero attached hydrogens (tertiary/aromatic N) is 2. The molecule has 6 rings (SSSR count). The second-order valence-electron chi connectivity index (χ2n) is 15.6. The van der Waals surface area contributed by atoms with Crippen molar-refractivity contribution in [3.05, 3.63) is 114 Å². The van der Waals surface area contributed by atoms with Gasteiger partial charge in [-0.25, -0.2) is 33.7 Å². The first kappa shape index (κ1) is 45.5. The maximum Gasteiger partial charge on any atom is 0.209 e. The number of carboxylic acids is 1. The fraction of sp³-hybridized carbons (Fsp3) is 0.268. The third kappa shape index (κ3) is 8.98. The maximum absolute atomic E-state index is 12.7. The average Bonchev–Trinajstić information content (AvgIpc) is 3.50. The van der Waals surface area contributed by atoms with Crippen molar-refractivity contribution in [1.82, 2.24) is 0 Å². The molecule has 20 heteroatoms. The summed E-state index contributed by atoms with van der Waals surface area (Å²) in [6.07, 6.45) is 9.81. The second kappa shape index (κ2) is 16.0. The number of aliphatic carboxylic acids is 1. The number of anilines is 2. The molecular formula is C41H38N2O14S4-4. The van der Waals surface area contributed by atoms with E-state index >= 15 is 0 Å². The predicted molar refractivity (Wildman–Crippen MR) is 217 cm³/mol. The molecule has 2 aliphatic heterocycles. The van der Waals surface area contributed by atoms with Gasteiger partial charge in [-0.05, 0) is 98.7 Å². The quantitative estimate of drug-likeness (QED) is 0.0739. The molecule has 4 aromatic rings. The van der Waals surface area contributed by atoms with E-state index in [9.17, 15) is 61.8 Å². The molecule has 0 amide bonds. The summed E-state index contributed by atoms with van der Waals surface area (Å²) in [5, 5.41) is 10.7. The number of carbonyl (C=O) groups excluding carboxylic acids is 1. The van der Waals surface area contributed by atoms with Crippen LogP contribution in [0.5, 0.6) is 0 Å². The molecule has 0 atom stereocenters. The highest BCUT2D eigenvalue weighted by Gasteiger charge is 2.45. The van der Waals surface area contributed by atoms with Gasteiger partial charge in [-0.15, -0.1) is 0 Å². The lowest BCUT2D eigenvalue weighted by Gasteiger charge is -2.27. The Kier molecular flexibility index (Phi) is 11.9. The Morgan fingerprint density at radius 1 is 0.672 bits per heavy atom. The van der Waals surface area contributed by atoms with Crippen molar-refractivity contribution in [1.29, 1.82) is 0 Å². The topological polar surface area (TPSA) is 275 Å². The maximum atomic E-state index is 12.7. The van der Waals surface area contributed by atoms with Crippen LogP contribution in [0.25, 0.3) is 10.8 Å². The van der Waals surface area contributed by atoms with Gasteiger partial charge in [-0.1, -0.05) is 44.2 Å². The van der Waals surface area contributed by atoms with Crippen LogP contribution < -0.4 is 10.0 Å². The number of carbonyl (C=O) groups is 1. The van der Waals surface area contributed by atoms with Crippen LogP contribution in [0.2, 0.25) is 0 Å². The van der Waals surface area contributed by atoms with Crippen LogP contribution in [0.3, 0.4) is 0 Å². The Labute approximate surface area is 353 Å². The van der Waals surface area contributed by atoms with Crippen molar-refractivity contribution in [3.63, 3.8) is 0 Å². The summed E-state index contributed by atoms with van der Waals surface area (Å²) in [4.78, 5) is 9.81. The van der Waals surface area contributed by atoms with Gasteiger partial charge in [-0.3, -0.25) is 0 Å². The Hall–Kier alpha value is -5.06. The lowest BCUT2D eigenvalue weighted by Crippen LogP contribution is -2.28. The first-order valence-corrected chi connectivity index (χ1v) is 24.2. The monoisotopic (exact) mass is 910 g/mol. The molecule has 0 radical (unpaired) electrons. The summed E-state index contributed by atoms with van der Waals surface area (Å²) in [5.41, 5.74) is 1.01. The minimum Gasteiger partial charge on any atom is -0.744 e. The largest absolute Gasteiger partial charge is 0.744 e. The number of carboxylic acid groups (broad SMARTS) is 1. The van der Waals surface area contributed by atoms with Gasteiger partial charge in [0.2, 0.25) is 5.69 Å². The molecule has 4 aromatic carbocycles. The highest BCUT2D eigenvalue weighted by Crippen LogP contribution is 2.55. The first-order chi connectivity index (χ1) is 28.1. The summed E-state index contributed by atoms with van der Waals surface area (Å²) >= 11 is 0. The summed E-state index contributed by atoms with van der Waals surface area (Å²) in [5.74, 6) is -1.16. The van der Waals surface area contributed by atoms with E-state index in [1.165, 1.54) is 35.2 Å². The summed E-state index contributed by atoms with van der Waals surface area (Å²) in [6.45, 7) is 7.63. The molecule has 0 spiro atoms. The van der Waals surface area contributed by atoms with Crippen LogP contribution >= 0.6 is 0 Å². The van der Waals surface area contributed by atoms with Gasteiger partial charge in [0.1, 0.15) is 47.0 Å². The number of unbranched alkanes of at least 4 members (excludes halogenated alkanes) is 2. The molecule has 0 fully saturated rings. The van der Waals surface area contributed by atoms with Crippen LogP contribution in [0.15, 0.2) is 122 Å². The van der Waals surface area contributed by atoms with Crippen molar-refractivity contribution in [2.75, 3.05) is 11.4 Å². The van der Waals surface area contributed by atoms with Gasteiger partial charge in [-0.2, -0.15) is 4.58 Å². The van der Waals surface area contributed by atoms with Gasteiger partial charge in [0, 0.05) is 52.3 Å². The number of hydrogen-bond donors (Lipinski definition) is 0. The van der Waals surface area contributed by atoms with E-state index in [1.807, 2.05) is 18.4 Å². The van der Waals surface area contributed by atoms with Crippen LogP contribution in [0.1, 0.15) is 64.5 Å². The van der Waals surface area contributed by atoms with Gasteiger partial charge in [0.25, 0.3) is 0 Å². The normalized spacial score (nSPS) is 17.2.